The molecule has 2 aliphatic rings. The molecule has 2 aromatic rings. The largest absolute Gasteiger partial charge is 0.497 e. The Morgan fingerprint density at radius 2 is 2.12 bits per heavy atom. The van der Waals surface area contributed by atoms with Gasteiger partial charge in [-0.25, -0.2) is 5.01 Å². The van der Waals surface area contributed by atoms with Gasteiger partial charge >= 0.3 is 0 Å². The molecule has 1 aromatic heterocycles. The molecule has 5 nitrogen and oxygen atoms in total. The van der Waals surface area contributed by atoms with Crippen molar-refractivity contribution in [3.63, 3.8) is 0 Å². The van der Waals surface area contributed by atoms with E-state index in [4.69, 9.17) is 9.84 Å². The Kier molecular flexibility index (Phi) is 5.04. The van der Waals surface area contributed by atoms with Gasteiger partial charge in [-0.15, -0.1) is 11.3 Å². The van der Waals surface area contributed by atoms with Crippen molar-refractivity contribution < 1.29 is 9.53 Å². The highest BCUT2D eigenvalue weighted by atomic mass is 32.1. The molecule has 3 heterocycles. The third-order valence-corrected chi connectivity index (χ3v) is 5.97. The highest BCUT2D eigenvalue weighted by Gasteiger charge is 2.34. The van der Waals surface area contributed by atoms with E-state index in [1.54, 1.807) is 23.5 Å². The van der Waals surface area contributed by atoms with Crippen LogP contribution in [0.15, 0.2) is 46.9 Å². The first-order valence-corrected chi connectivity index (χ1v) is 9.92. The molecule has 0 saturated carbocycles. The summed E-state index contributed by atoms with van der Waals surface area (Å²) in [6.07, 6.45) is 3.10. The fraction of sp³-hybridized carbons (Fsp3) is 0.400. The maximum absolute atomic E-state index is 13.0. The quantitative estimate of drug-likeness (QED) is 0.810. The van der Waals surface area contributed by atoms with Crippen LogP contribution in [0, 0.1) is 0 Å². The molecule has 0 N–H and O–H groups in total. The molecular formula is C20H23N3O2S. The van der Waals surface area contributed by atoms with Crippen LogP contribution in [0.25, 0.3) is 0 Å². The summed E-state index contributed by atoms with van der Waals surface area (Å²) in [5.74, 6) is 0.892. The van der Waals surface area contributed by atoms with E-state index >= 15 is 0 Å². The van der Waals surface area contributed by atoms with E-state index < -0.39 is 0 Å². The number of ether oxygens (including phenoxy) is 1. The lowest BCUT2D eigenvalue weighted by Gasteiger charge is -2.23. The van der Waals surface area contributed by atoms with Crippen molar-refractivity contribution in [2.45, 2.75) is 25.3 Å². The van der Waals surface area contributed by atoms with Crippen LogP contribution < -0.4 is 4.74 Å². The second-order valence-electron chi connectivity index (χ2n) is 6.74. The Morgan fingerprint density at radius 3 is 2.85 bits per heavy atom. The minimum atomic E-state index is -0.00805. The minimum absolute atomic E-state index is 0.00805. The lowest BCUT2D eigenvalue weighted by molar-refractivity contribution is -0.133. The third-order valence-electron chi connectivity index (χ3n) is 5.00. The number of nitrogens with zero attached hydrogens (tertiary/aromatic N) is 3. The summed E-state index contributed by atoms with van der Waals surface area (Å²) >= 11 is 1.68. The Hall–Kier alpha value is -2.18. The van der Waals surface area contributed by atoms with Gasteiger partial charge in [-0.3, -0.25) is 9.69 Å². The fourth-order valence-electron chi connectivity index (χ4n) is 3.62. The van der Waals surface area contributed by atoms with Crippen LogP contribution >= 0.6 is 11.3 Å². The van der Waals surface area contributed by atoms with Crippen molar-refractivity contribution in [2.75, 3.05) is 26.7 Å². The van der Waals surface area contributed by atoms with Gasteiger partial charge in [0.1, 0.15) is 5.75 Å². The van der Waals surface area contributed by atoms with Gasteiger partial charge in [0.15, 0.2) is 0 Å². The average molecular weight is 369 g/mol. The van der Waals surface area contributed by atoms with Gasteiger partial charge in [0.05, 0.1) is 25.4 Å². The average Bonchev–Trinajstić information content (AvgIpc) is 3.41. The van der Waals surface area contributed by atoms with Gasteiger partial charge in [0.25, 0.3) is 5.91 Å². The molecule has 1 atom stereocenters. The van der Waals surface area contributed by atoms with Gasteiger partial charge < -0.3 is 4.74 Å². The van der Waals surface area contributed by atoms with Crippen LogP contribution in [0.2, 0.25) is 0 Å². The first kappa shape index (κ1) is 17.2. The van der Waals surface area contributed by atoms with Crippen molar-refractivity contribution >= 4 is 23.0 Å². The van der Waals surface area contributed by atoms with Crippen molar-refractivity contribution in [2.24, 2.45) is 5.10 Å². The number of hydrazone groups is 1. The van der Waals surface area contributed by atoms with Crippen molar-refractivity contribution in [3.05, 3.63) is 52.2 Å². The van der Waals surface area contributed by atoms with Crippen molar-refractivity contribution in [3.8, 4) is 5.75 Å². The molecule has 26 heavy (non-hydrogen) atoms. The number of carbonyl (C=O) groups excluding carboxylic acids is 1. The van der Waals surface area contributed by atoms with Gasteiger partial charge in [0, 0.05) is 16.9 Å². The predicted octanol–water partition coefficient (Wildman–Crippen LogP) is 3.53. The van der Waals surface area contributed by atoms with E-state index in [1.165, 1.54) is 17.7 Å². The Bertz CT molecular complexity index is 797. The van der Waals surface area contributed by atoms with Crippen LogP contribution in [0.1, 0.15) is 35.7 Å². The molecule has 4 rings (SSSR count). The lowest BCUT2D eigenvalue weighted by Crippen LogP contribution is -2.36. The summed E-state index contributed by atoms with van der Waals surface area (Å²) in [6, 6.07) is 12.0. The van der Waals surface area contributed by atoms with Crippen molar-refractivity contribution in [1.29, 1.82) is 0 Å². The summed E-state index contributed by atoms with van der Waals surface area (Å²) in [5, 5.41) is 8.50. The number of amides is 1. The van der Waals surface area contributed by atoms with Crippen LogP contribution in [-0.2, 0) is 4.79 Å². The minimum Gasteiger partial charge on any atom is -0.497 e. The monoisotopic (exact) mass is 369 g/mol. The number of thiophene rings is 1. The zero-order valence-corrected chi connectivity index (χ0v) is 15.7. The molecule has 6 heteroatoms. The molecule has 0 spiro atoms. The molecule has 2 aliphatic heterocycles. The standard InChI is InChI=1S/C20H23N3O2S/c1-25-16-7-4-6-15(12-16)17-13-18(19-8-5-11-26-19)23(21-17)20(24)14-22-9-2-3-10-22/h4-8,11-12,18H,2-3,9-10,13-14H2,1H3. The molecule has 0 aliphatic carbocycles. The van der Waals surface area contributed by atoms with Gasteiger partial charge in [-0.05, 0) is 49.5 Å². The highest BCUT2D eigenvalue weighted by Crippen LogP contribution is 2.35. The van der Waals surface area contributed by atoms with E-state index in [9.17, 15) is 4.79 Å². The molecule has 1 fully saturated rings. The maximum Gasteiger partial charge on any atom is 0.257 e. The molecular weight excluding hydrogens is 346 g/mol. The van der Waals surface area contributed by atoms with Gasteiger partial charge in [-0.2, -0.15) is 5.10 Å². The number of methoxy groups -OCH3 is 1. The summed E-state index contributed by atoms with van der Waals surface area (Å²) in [4.78, 5) is 16.4. The summed E-state index contributed by atoms with van der Waals surface area (Å²) < 4.78 is 5.34. The number of rotatable bonds is 5. The normalized spacial score (nSPS) is 20.4. The number of benzene rings is 1. The topological polar surface area (TPSA) is 45.1 Å². The summed E-state index contributed by atoms with van der Waals surface area (Å²) in [6.45, 7) is 2.47. The molecule has 136 valence electrons. The van der Waals surface area contributed by atoms with E-state index in [0.29, 0.717) is 6.54 Å². The van der Waals surface area contributed by atoms with Crippen molar-refractivity contribution in [1.82, 2.24) is 9.91 Å². The SMILES string of the molecule is COc1cccc(C2=NN(C(=O)CN3CCCC3)C(c3cccs3)C2)c1. The fourth-order valence-corrected chi connectivity index (χ4v) is 4.44. The maximum atomic E-state index is 13.0. The molecule has 1 aromatic carbocycles. The molecule has 1 unspecified atom stereocenters. The Balaban J connectivity index is 1.60. The number of hydrogen-bond donors (Lipinski definition) is 0. The number of carbonyl (C=O) groups is 1. The zero-order valence-electron chi connectivity index (χ0n) is 14.9. The highest BCUT2D eigenvalue weighted by molar-refractivity contribution is 7.10. The van der Waals surface area contributed by atoms with Crippen LogP contribution in [0.3, 0.4) is 0 Å². The first-order chi connectivity index (χ1) is 12.7. The second-order valence-corrected chi connectivity index (χ2v) is 7.71. The van der Waals surface area contributed by atoms with Gasteiger partial charge in [-0.1, -0.05) is 18.2 Å². The molecule has 0 radical (unpaired) electrons. The number of hydrogen-bond acceptors (Lipinski definition) is 5. The van der Waals surface area contributed by atoms with Crippen LogP contribution in [-0.4, -0.2) is 48.3 Å². The third kappa shape index (κ3) is 3.52. The molecule has 1 amide bonds. The Labute approximate surface area is 157 Å². The second kappa shape index (κ2) is 7.60. The smallest absolute Gasteiger partial charge is 0.257 e. The van der Waals surface area contributed by atoms with Gasteiger partial charge in [0.2, 0.25) is 0 Å². The zero-order chi connectivity index (χ0) is 17.9. The van der Waals surface area contributed by atoms with E-state index in [1.807, 2.05) is 30.3 Å². The molecule has 1 saturated heterocycles. The predicted molar refractivity (Wildman–Crippen MR) is 104 cm³/mol. The van der Waals surface area contributed by atoms with E-state index in [0.717, 1.165) is 36.5 Å². The summed E-state index contributed by atoms with van der Waals surface area (Å²) in [5.41, 5.74) is 1.96. The van der Waals surface area contributed by atoms with Crippen LogP contribution in [0.5, 0.6) is 5.75 Å². The van der Waals surface area contributed by atoms with Crippen LogP contribution in [0.4, 0.5) is 0 Å². The lowest BCUT2D eigenvalue weighted by atomic mass is 10.0. The summed E-state index contributed by atoms with van der Waals surface area (Å²) in [7, 11) is 1.66. The number of likely N-dealkylation sites (tertiary alicyclic amines) is 1. The van der Waals surface area contributed by atoms with E-state index in [-0.39, 0.29) is 11.9 Å². The Morgan fingerprint density at radius 1 is 1.27 bits per heavy atom. The molecule has 0 bridgehead atoms. The van der Waals surface area contributed by atoms with E-state index in [2.05, 4.69) is 16.3 Å². The first-order valence-electron chi connectivity index (χ1n) is 9.04.